The molecule has 0 spiro atoms. The van der Waals surface area contributed by atoms with Gasteiger partial charge in [-0.05, 0) is 51.9 Å². The Bertz CT molecular complexity index is 712. The van der Waals surface area contributed by atoms with Crippen molar-refractivity contribution in [3.05, 3.63) is 0 Å². The largest absolute Gasteiger partial charge is 0.376 e. The number of ether oxygens (including phenoxy) is 1. The topological polar surface area (TPSA) is 77.2 Å². The molecule has 2 amide bonds. The summed E-state index contributed by atoms with van der Waals surface area (Å²) in [5.74, 6) is 0.979. The van der Waals surface area contributed by atoms with Gasteiger partial charge in [-0.1, -0.05) is 12.8 Å². The molecule has 5 unspecified atom stereocenters. The van der Waals surface area contributed by atoms with Gasteiger partial charge in [-0.25, -0.2) is 5.01 Å². The molecule has 8 heteroatoms. The van der Waals surface area contributed by atoms with Crippen molar-refractivity contribution < 1.29 is 14.3 Å². The molecule has 2 N–H and O–H groups in total. The van der Waals surface area contributed by atoms with Gasteiger partial charge in [0, 0.05) is 39.3 Å². The van der Waals surface area contributed by atoms with Crippen LogP contribution in [0.3, 0.4) is 0 Å². The highest BCUT2D eigenvalue weighted by Crippen LogP contribution is 2.43. The van der Waals surface area contributed by atoms with E-state index in [1.807, 2.05) is 30.7 Å². The van der Waals surface area contributed by atoms with Crippen LogP contribution >= 0.6 is 0 Å². The summed E-state index contributed by atoms with van der Waals surface area (Å²) in [6.07, 6.45) is 8.22. The van der Waals surface area contributed by atoms with Gasteiger partial charge in [-0.15, -0.1) is 0 Å². The van der Waals surface area contributed by atoms with Crippen LogP contribution in [-0.2, 0) is 14.3 Å². The molecule has 5 atom stereocenters. The normalized spacial score (nSPS) is 36.1. The van der Waals surface area contributed by atoms with Crippen LogP contribution in [0.4, 0.5) is 0 Å². The van der Waals surface area contributed by atoms with Crippen molar-refractivity contribution in [2.75, 3.05) is 39.8 Å². The number of nitrogens with one attached hydrogen (secondary N) is 2. The number of fused-ring (bicyclic) bond motifs is 2. The van der Waals surface area contributed by atoms with Crippen LogP contribution < -0.4 is 10.7 Å². The van der Waals surface area contributed by atoms with Gasteiger partial charge in [0.2, 0.25) is 11.8 Å². The molecule has 0 aromatic carbocycles. The van der Waals surface area contributed by atoms with E-state index in [0.717, 1.165) is 32.4 Å². The third-order valence-electron chi connectivity index (χ3n) is 8.74. The van der Waals surface area contributed by atoms with Gasteiger partial charge in [-0.2, -0.15) is 0 Å². The first kappa shape index (κ1) is 22.6. The highest BCUT2D eigenvalue weighted by molar-refractivity contribution is 5.84. The second-order valence-corrected chi connectivity index (χ2v) is 11.1. The summed E-state index contributed by atoms with van der Waals surface area (Å²) < 4.78 is 5.88. The lowest BCUT2D eigenvalue weighted by atomic mass is 9.85. The molecule has 5 rings (SSSR count). The van der Waals surface area contributed by atoms with E-state index in [-0.39, 0.29) is 41.5 Å². The molecule has 0 bridgehead atoms. The van der Waals surface area contributed by atoms with Crippen LogP contribution in [-0.4, -0.2) is 96.2 Å². The number of hydrogen-bond acceptors (Lipinski definition) is 6. The van der Waals surface area contributed by atoms with Crippen molar-refractivity contribution in [3.8, 4) is 0 Å². The van der Waals surface area contributed by atoms with E-state index in [1.165, 1.54) is 25.7 Å². The van der Waals surface area contributed by atoms with E-state index < -0.39 is 0 Å². The van der Waals surface area contributed by atoms with Crippen molar-refractivity contribution in [2.24, 2.45) is 11.8 Å². The maximum atomic E-state index is 13.5. The Morgan fingerprint density at radius 1 is 1.19 bits per heavy atom. The smallest absolute Gasteiger partial charge is 0.239 e. The van der Waals surface area contributed by atoms with Crippen LogP contribution in [0.1, 0.15) is 58.8 Å². The third kappa shape index (κ3) is 4.19. The van der Waals surface area contributed by atoms with E-state index in [4.69, 9.17) is 4.74 Å². The molecule has 3 saturated heterocycles. The molecule has 5 aliphatic rings. The van der Waals surface area contributed by atoms with Crippen LogP contribution in [0.15, 0.2) is 0 Å². The summed E-state index contributed by atoms with van der Waals surface area (Å²) in [5.41, 5.74) is 3.30. The van der Waals surface area contributed by atoms with Gasteiger partial charge in [0.25, 0.3) is 0 Å². The number of nitrogens with zero attached hydrogens (tertiary/aromatic N) is 3. The number of piperazine rings is 1. The van der Waals surface area contributed by atoms with Gasteiger partial charge in [0.15, 0.2) is 0 Å². The zero-order chi connectivity index (χ0) is 22.5. The van der Waals surface area contributed by atoms with Crippen molar-refractivity contribution in [1.82, 2.24) is 25.6 Å². The molecule has 180 valence electrons. The minimum atomic E-state index is -0.136. The molecule has 0 radical (unpaired) electrons. The summed E-state index contributed by atoms with van der Waals surface area (Å²) in [7, 11) is 1.94. The first-order valence-corrected chi connectivity index (χ1v) is 12.8. The average Bonchev–Trinajstić information content (AvgIpc) is 3.27. The zero-order valence-corrected chi connectivity index (χ0v) is 20.0. The summed E-state index contributed by atoms with van der Waals surface area (Å²) >= 11 is 0. The second kappa shape index (κ2) is 8.85. The highest BCUT2D eigenvalue weighted by Gasteiger charge is 2.53. The molecule has 0 aromatic heterocycles. The molecular weight excluding hydrogens is 406 g/mol. The van der Waals surface area contributed by atoms with E-state index in [9.17, 15) is 9.59 Å². The quantitative estimate of drug-likeness (QED) is 0.632. The first-order chi connectivity index (χ1) is 15.4. The molecule has 8 nitrogen and oxygen atoms in total. The molecule has 0 aromatic rings. The Balaban J connectivity index is 1.21. The Morgan fingerprint density at radius 2 is 1.97 bits per heavy atom. The number of carbonyl (C=O) groups is 2. The van der Waals surface area contributed by atoms with E-state index in [1.54, 1.807) is 0 Å². The summed E-state index contributed by atoms with van der Waals surface area (Å²) in [4.78, 5) is 30.9. The maximum Gasteiger partial charge on any atom is 0.239 e. The fourth-order valence-electron chi connectivity index (χ4n) is 6.41. The Kier molecular flexibility index (Phi) is 6.24. The van der Waals surface area contributed by atoms with Gasteiger partial charge >= 0.3 is 0 Å². The standard InChI is InChI=1S/C24H41N5O3/c1-16(2)32-15-24(8-9-24)27(3)22(30)18-13-25-29-11-10-28(14-21(18)29)23(31)20-12-17-6-4-5-7-19(17)26-20/h16-21,25-26H,4-15H2,1-3H3. The number of hydrogen-bond donors (Lipinski definition) is 2. The van der Waals surface area contributed by atoms with E-state index in [0.29, 0.717) is 31.7 Å². The number of carbonyl (C=O) groups excluding carboxylic acids is 2. The summed E-state index contributed by atoms with van der Waals surface area (Å²) in [5, 5.41) is 5.84. The lowest BCUT2D eigenvalue weighted by Gasteiger charge is -2.40. The van der Waals surface area contributed by atoms with Crippen LogP contribution in [0.5, 0.6) is 0 Å². The van der Waals surface area contributed by atoms with Gasteiger partial charge in [0.1, 0.15) is 0 Å². The van der Waals surface area contributed by atoms with E-state index in [2.05, 4.69) is 15.8 Å². The predicted octanol–water partition coefficient (Wildman–Crippen LogP) is 0.970. The van der Waals surface area contributed by atoms with Crippen molar-refractivity contribution in [3.63, 3.8) is 0 Å². The maximum absolute atomic E-state index is 13.5. The molecule has 5 fully saturated rings. The second-order valence-electron chi connectivity index (χ2n) is 11.1. The fraction of sp³-hybridized carbons (Fsp3) is 0.917. The Labute approximate surface area is 192 Å². The molecule has 2 saturated carbocycles. The van der Waals surface area contributed by atoms with Crippen molar-refractivity contribution in [2.45, 2.75) is 88.6 Å². The number of rotatable bonds is 6. The van der Waals surface area contributed by atoms with Gasteiger partial charge in [0.05, 0.1) is 36.3 Å². The number of amides is 2. The van der Waals surface area contributed by atoms with Crippen LogP contribution in [0.25, 0.3) is 0 Å². The van der Waals surface area contributed by atoms with Gasteiger partial charge in [-0.3, -0.25) is 15.0 Å². The van der Waals surface area contributed by atoms with Crippen molar-refractivity contribution in [1.29, 1.82) is 0 Å². The lowest BCUT2D eigenvalue weighted by Crippen LogP contribution is -2.60. The Morgan fingerprint density at radius 3 is 2.69 bits per heavy atom. The fourth-order valence-corrected chi connectivity index (χ4v) is 6.41. The summed E-state index contributed by atoms with van der Waals surface area (Å²) in [6, 6.07) is 0.537. The minimum Gasteiger partial charge on any atom is -0.376 e. The monoisotopic (exact) mass is 447 g/mol. The molecule has 3 aliphatic heterocycles. The van der Waals surface area contributed by atoms with Crippen molar-refractivity contribution >= 4 is 11.8 Å². The molecule has 32 heavy (non-hydrogen) atoms. The number of hydrazine groups is 1. The first-order valence-electron chi connectivity index (χ1n) is 12.8. The predicted molar refractivity (Wildman–Crippen MR) is 122 cm³/mol. The van der Waals surface area contributed by atoms with Gasteiger partial charge < -0.3 is 19.9 Å². The SMILES string of the molecule is CC(C)OCC1(N(C)C(=O)C2CNN3CCN(C(=O)C4CC5CCCCC5N4)CC23)CC1. The Hall–Kier alpha value is -1.22. The zero-order valence-electron chi connectivity index (χ0n) is 20.0. The molecule has 3 heterocycles. The lowest BCUT2D eigenvalue weighted by molar-refractivity contribution is -0.143. The third-order valence-corrected chi connectivity index (χ3v) is 8.74. The highest BCUT2D eigenvalue weighted by atomic mass is 16.5. The summed E-state index contributed by atoms with van der Waals surface area (Å²) in [6.45, 7) is 7.50. The van der Waals surface area contributed by atoms with E-state index >= 15 is 0 Å². The molecule has 2 aliphatic carbocycles. The average molecular weight is 448 g/mol. The minimum absolute atomic E-state index is 0.0382. The van der Waals surface area contributed by atoms with Crippen LogP contribution in [0.2, 0.25) is 0 Å². The number of likely N-dealkylation sites (N-methyl/N-ethyl adjacent to an activating group) is 1. The van der Waals surface area contributed by atoms with Crippen LogP contribution in [0, 0.1) is 11.8 Å². The molecular formula is C24H41N5O3.